The molecule has 0 N–H and O–H groups in total. The minimum atomic E-state index is -0.260. The summed E-state index contributed by atoms with van der Waals surface area (Å²) < 4.78 is 19.7. The van der Waals surface area contributed by atoms with Crippen molar-refractivity contribution in [1.82, 2.24) is 0 Å². The number of nitrogens with zero attached hydrogens (tertiary/aromatic N) is 2. The van der Waals surface area contributed by atoms with E-state index in [0.717, 1.165) is 45.4 Å². The lowest BCUT2D eigenvalue weighted by atomic mass is 9.72. The molecular weight excluding hydrogens is 499 g/mol. The van der Waals surface area contributed by atoms with Gasteiger partial charge in [0.2, 0.25) is 0 Å². The SMILES string of the molecule is CC(C)(C)[C@@H]1CCc2c(sc(N=Cc3ccc(OCc4ccc(F)cc4)c(Br)c3)c2C#N)C1. The number of fused-ring (bicyclic) bond motifs is 1. The van der Waals surface area contributed by atoms with Crippen molar-refractivity contribution in [3.05, 3.63) is 79.9 Å². The van der Waals surface area contributed by atoms with Crippen molar-refractivity contribution in [2.45, 2.75) is 46.6 Å². The molecule has 0 saturated heterocycles. The Kier molecular flexibility index (Phi) is 7.02. The highest BCUT2D eigenvalue weighted by Gasteiger charge is 2.32. The molecule has 0 radical (unpaired) electrons. The van der Waals surface area contributed by atoms with Gasteiger partial charge >= 0.3 is 0 Å². The number of halogens is 2. The quantitative estimate of drug-likeness (QED) is 0.317. The van der Waals surface area contributed by atoms with Crippen molar-refractivity contribution in [1.29, 1.82) is 5.26 Å². The van der Waals surface area contributed by atoms with E-state index in [-0.39, 0.29) is 11.2 Å². The van der Waals surface area contributed by atoms with Crippen molar-refractivity contribution in [3.8, 4) is 11.8 Å². The average Bonchev–Trinajstić information content (AvgIpc) is 3.14. The van der Waals surface area contributed by atoms with E-state index in [9.17, 15) is 9.65 Å². The summed E-state index contributed by atoms with van der Waals surface area (Å²) in [5.41, 5.74) is 4.01. The highest BCUT2D eigenvalue weighted by molar-refractivity contribution is 9.10. The Morgan fingerprint density at radius 2 is 2.00 bits per heavy atom. The molecule has 170 valence electrons. The molecule has 3 aromatic rings. The molecule has 0 bridgehead atoms. The summed E-state index contributed by atoms with van der Waals surface area (Å²) >= 11 is 5.22. The first-order chi connectivity index (χ1) is 15.7. The lowest BCUT2D eigenvalue weighted by Crippen LogP contribution is -2.26. The normalized spacial score (nSPS) is 15.9. The molecule has 0 amide bonds. The number of hydrogen-bond donors (Lipinski definition) is 0. The number of aliphatic imine (C=N–C) groups is 1. The first-order valence-corrected chi connectivity index (χ1v) is 12.6. The van der Waals surface area contributed by atoms with Crippen molar-refractivity contribution in [3.63, 3.8) is 0 Å². The van der Waals surface area contributed by atoms with E-state index in [1.54, 1.807) is 29.7 Å². The number of rotatable bonds is 5. The van der Waals surface area contributed by atoms with E-state index in [2.05, 4.69) is 47.8 Å². The molecule has 1 aromatic heterocycles. The Morgan fingerprint density at radius 3 is 2.67 bits per heavy atom. The summed E-state index contributed by atoms with van der Waals surface area (Å²) in [6.07, 6.45) is 4.91. The van der Waals surface area contributed by atoms with Gasteiger partial charge in [-0.2, -0.15) is 5.26 Å². The van der Waals surface area contributed by atoms with Crippen molar-refractivity contribution in [2.75, 3.05) is 0 Å². The van der Waals surface area contributed by atoms with Crippen LogP contribution in [-0.4, -0.2) is 6.21 Å². The summed E-state index contributed by atoms with van der Waals surface area (Å²) in [6, 6.07) is 14.4. The van der Waals surface area contributed by atoms with Gasteiger partial charge in [-0.3, -0.25) is 0 Å². The van der Waals surface area contributed by atoms with Crippen LogP contribution in [0.25, 0.3) is 0 Å². The molecule has 4 rings (SSSR count). The molecule has 2 aromatic carbocycles. The highest BCUT2D eigenvalue weighted by atomic mass is 79.9. The van der Waals surface area contributed by atoms with Gasteiger partial charge in [-0.25, -0.2) is 9.38 Å². The topological polar surface area (TPSA) is 45.4 Å². The van der Waals surface area contributed by atoms with Crippen molar-refractivity contribution >= 4 is 38.5 Å². The highest BCUT2D eigenvalue weighted by Crippen LogP contribution is 2.44. The first kappa shape index (κ1) is 23.7. The predicted molar refractivity (Wildman–Crippen MR) is 136 cm³/mol. The van der Waals surface area contributed by atoms with Crippen LogP contribution in [0.5, 0.6) is 5.75 Å². The van der Waals surface area contributed by atoms with Crippen LogP contribution in [0.1, 0.15) is 54.3 Å². The zero-order chi connectivity index (χ0) is 23.6. The second-order valence-electron chi connectivity index (χ2n) is 9.46. The summed E-state index contributed by atoms with van der Waals surface area (Å²) in [4.78, 5) is 6.00. The number of hydrogen-bond acceptors (Lipinski definition) is 4. The Bertz CT molecular complexity index is 1220. The molecule has 0 fully saturated rings. The molecule has 33 heavy (non-hydrogen) atoms. The standard InChI is InChI=1S/C27H26BrFN2OS/c1-27(2,3)19-7-10-21-22(14-30)26(33-25(21)13-19)31-15-18-6-11-24(23(28)12-18)32-16-17-4-8-20(29)9-5-17/h4-6,8-9,11-12,15,19H,7,10,13,16H2,1-3H3/t19-/m1/s1. The van der Waals surface area contributed by atoms with Crippen LogP contribution in [0.15, 0.2) is 51.9 Å². The zero-order valence-corrected chi connectivity index (χ0v) is 21.4. The maximum atomic E-state index is 13.1. The third-order valence-corrected chi connectivity index (χ3v) is 7.96. The number of thiophene rings is 1. The summed E-state index contributed by atoms with van der Waals surface area (Å²) in [7, 11) is 0. The van der Waals surface area contributed by atoms with Gasteiger partial charge in [-0.15, -0.1) is 11.3 Å². The first-order valence-electron chi connectivity index (χ1n) is 11.0. The van der Waals surface area contributed by atoms with Gasteiger partial charge in [-0.1, -0.05) is 32.9 Å². The zero-order valence-electron chi connectivity index (χ0n) is 19.0. The number of nitriles is 1. The van der Waals surface area contributed by atoms with Crippen LogP contribution in [0.4, 0.5) is 9.39 Å². The minimum Gasteiger partial charge on any atom is -0.488 e. The maximum Gasteiger partial charge on any atom is 0.134 e. The number of ether oxygens (including phenoxy) is 1. The molecule has 3 nitrogen and oxygen atoms in total. The summed E-state index contributed by atoms with van der Waals surface area (Å²) in [6.45, 7) is 7.25. The van der Waals surface area contributed by atoms with Gasteiger partial charge in [0.05, 0.1) is 10.0 Å². The fourth-order valence-corrected chi connectivity index (χ4v) is 5.84. The Hall–Kier alpha value is -2.49. The maximum absolute atomic E-state index is 13.1. The number of benzene rings is 2. The lowest BCUT2D eigenvalue weighted by molar-refractivity contribution is 0.218. The minimum absolute atomic E-state index is 0.260. The third-order valence-electron chi connectivity index (χ3n) is 6.18. The van der Waals surface area contributed by atoms with Gasteiger partial charge in [0.1, 0.15) is 29.2 Å². The van der Waals surface area contributed by atoms with Crippen LogP contribution >= 0.6 is 27.3 Å². The fraction of sp³-hybridized carbons (Fsp3) is 0.333. The third kappa shape index (κ3) is 5.54. The Balaban J connectivity index is 1.48. The Morgan fingerprint density at radius 1 is 1.24 bits per heavy atom. The van der Waals surface area contributed by atoms with Gasteiger partial charge in [0.25, 0.3) is 0 Å². The van der Waals surface area contributed by atoms with Gasteiger partial charge in [0, 0.05) is 11.1 Å². The second-order valence-corrected chi connectivity index (χ2v) is 11.4. The molecule has 0 unspecified atom stereocenters. The van der Waals surface area contributed by atoms with Gasteiger partial charge in [-0.05, 0) is 93.5 Å². The van der Waals surface area contributed by atoms with Crippen molar-refractivity contribution in [2.24, 2.45) is 16.3 Å². The molecule has 6 heteroatoms. The van der Waals surface area contributed by atoms with E-state index in [1.165, 1.54) is 22.6 Å². The second kappa shape index (κ2) is 9.79. The molecule has 1 aliphatic rings. The largest absolute Gasteiger partial charge is 0.488 e. The molecule has 0 aliphatic heterocycles. The fourth-order valence-electron chi connectivity index (χ4n) is 4.11. The molecule has 0 saturated carbocycles. The van der Waals surface area contributed by atoms with E-state index in [0.29, 0.717) is 18.3 Å². The van der Waals surface area contributed by atoms with Crippen LogP contribution in [0, 0.1) is 28.5 Å². The van der Waals surface area contributed by atoms with Crippen LogP contribution in [0.3, 0.4) is 0 Å². The average molecular weight is 525 g/mol. The molecule has 1 heterocycles. The lowest BCUT2D eigenvalue weighted by Gasteiger charge is -2.33. The van der Waals surface area contributed by atoms with Gasteiger partial charge in [0.15, 0.2) is 0 Å². The molecular formula is C27H26BrFN2OS. The van der Waals surface area contributed by atoms with Crippen LogP contribution in [0.2, 0.25) is 0 Å². The monoisotopic (exact) mass is 524 g/mol. The summed E-state index contributed by atoms with van der Waals surface area (Å²) in [5, 5.41) is 10.6. The van der Waals surface area contributed by atoms with Crippen LogP contribution < -0.4 is 4.74 Å². The molecule has 1 aliphatic carbocycles. The van der Waals surface area contributed by atoms with E-state index < -0.39 is 0 Å². The van der Waals surface area contributed by atoms with E-state index in [1.807, 2.05) is 18.2 Å². The Labute approximate surface area is 207 Å². The van der Waals surface area contributed by atoms with E-state index in [4.69, 9.17) is 4.74 Å². The molecule has 0 spiro atoms. The van der Waals surface area contributed by atoms with Gasteiger partial charge < -0.3 is 4.74 Å². The van der Waals surface area contributed by atoms with Crippen molar-refractivity contribution < 1.29 is 9.13 Å². The smallest absolute Gasteiger partial charge is 0.134 e. The summed E-state index contributed by atoms with van der Waals surface area (Å²) in [5.74, 6) is 1.07. The predicted octanol–water partition coefficient (Wildman–Crippen LogP) is 8.00. The molecule has 1 atom stereocenters. The van der Waals surface area contributed by atoms with E-state index >= 15 is 0 Å². The van der Waals surface area contributed by atoms with Crippen LogP contribution in [-0.2, 0) is 19.4 Å².